The first kappa shape index (κ1) is 42.2. The molecule has 3 rings (SSSR count). The second-order valence-electron chi connectivity index (χ2n) is 13.1. The molecule has 0 bridgehead atoms. The highest BCUT2D eigenvalue weighted by Gasteiger charge is 2.33. The van der Waals surface area contributed by atoms with Crippen molar-refractivity contribution < 1.29 is 48.0 Å². The number of benzene rings is 2. The van der Waals surface area contributed by atoms with Gasteiger partial charge in [-0.1, -0.05) is 88.4 Å². The summed E-state index contributed by atoms with van der Waals surface area (Å²) in [7, 11) is 0. The van der Waals surface area contributed by atoms with E-state index in [0.29, 0.717) is 0 Å². The van der Waals surface area contributed by atoms with Crippen molar-refractivity contribution in [2.24, 2.45) is 11.8 Å². The second kappa shape index (κ2) is 23.3. The van der Waals surface area contributed by atoms with E-state index in [1.165, 1.54) is 0 Å². The zero-order valence-electron chi connectivity index (χ0n) is 30.9. The van der Waals surface area contributed by atoms with E-state index in [0.717, 1.165) is 16.0 Å². The third-order valence-electron chi connectivity index (χ3n) is 8.46. The van der Waals surface area contributed by atoms with Crippen molar-refractivity contribution in [3.8, 4) is 0 Å². The van der Waals surface area contributed by atoms with Gasteiger partial charge in [0, 0.05) is 32.7 Å². The molecule has 0 radical (unpaired) electrons. The lowest BCUT2D eigenvalue weighted by atomic mass is 10.00. The molecule has 0 aromatic heterocycles. The molecule has 2 atom stereocenters. The number of carbonyl (C=O) groups is 4. The monoisotopic (exact) mass is 727 g/mol. The number of rotatable bonds is 10. The molecule has 2 aromatic rings. The highest BCUT2D eigenvalue weighted by molar-refractivity contribution is 5.86. The highest BCUT2D eigenvalue weighted by atomic mass is 16.5. The number of ether oxygens (including phenoxy) is 5. The Hall–Kier alpha value is -4.24. The molecule has 288 valence electrons. The molecule has 0 spiro atoms. The maximum Gasteiger partial charge on any atom is 0.408 e. The van der Waals surface area contributed by atoms with Crippen molar-refractivity contribution in [3.63, 3.8) is 0 Å². The van der Waals surface area contributed by atoms with Crippen LogP contribution in [0.25, 0.3) is 0 Å². The molecule has 2 unspecified atom stereocenters. The molecule has 0 aliphatic carbocycles. The molecule has 1 aliphatic heterocycles. The van der Waals surface area contributed by atoms with Gasteiger partial charge >= 0.3 is 6.09 Å². The van der Waals surface area contributed by atoms with Crippen LogP contribution < -0.4 is 10.4 Å². The Kier molecular flexibility index (Phi) is 18.9. The van der Waals surface area contributed by atoms with Crippen molar-refractivity contribution in [1.29, 1.82) is 0 Å². The van der Waals surface area contributed by atoms with Crippen molar-refractivity contribution in [3.05, 3.63) is 71.8 Å². The van der Waals surface area contributed by atoms with Gasteiger partial charge in [0.05, 0.1) is 52.9 Å². The minimum Gasteiger partial charge on any atom is -0.530 e. The third-order valence-corrected chi connectivity index (χ3v) is 8.46. The normalized spacial score (nSPS) is 17.0. The quantitative estimate of drug-likeness (QED) is 0.386. The summed E-state index contributed by atoms with van der Waals surface area (Å²) in [4.78, 5) is 56.7. The fourth-order valence-corrected chi connectivity index (χ4v) is 5.63. The highest BCUT2D eigenvalue weighted by Crippen LogP contribution is 2.18. The van der Waals surface area contributed by atoms with Gasteiger partial charge < -0.3 is 53.6 Å². The lowest BCUT2D eigenvalue weighted by Crippen LogP contribution is -2.57. The van der Waals surface area contributed by atoms with Crippen molar-refractivity contribution >= 4 is 24.0 Å². The molecule has 1 aliphatic rings. The molecule has 1 saturated heterocycles. The Morgan fingerprint density at radius 3 is 1.54 bits per heavy atom. The van der Waals surface area contributed by atoms with Crippen LogP contribution in [0.1, 0.15) is 38.8 Å². The largest absolute Gasteiger partial charge is 0.530 e. The number of nitrogens with zero attached hydrogens (tertiary/aromatic N) is 3. The number of nitrogens with one attached hydrogen (secondary N) is 1. The van der Waals surface area contributed by atoms with Gasteiger partial charge in [-0.2, -0.15) is 0 Å². The van der Waals surface area contributed by atoms with Crippen LogP contribution in [0.2, 0.25) is 0 Å². The van der Waals surface area contributed by atoms with Crippen LogP contribution in [0.3, 0.4) is 0 Å². The van der Waals surface area contributed by atoms with E-state index in [1.807, 2.05) is 88.4 Å². The predicted molar refractivity (Wildman–Crippen MR) is 191 cm³/mol. The van der Waals surface area contributed by atoms with E-state index >= 15 is 0 Å². The summed E-state index contributed by atoms with van der Waals surface area (Å²) in [5.74, 6) is -1.15. The predicted octanol–water partition coefficient (Wildman–Crippen LogP) is 2.54. The van der Waals surface area contributed by atoms with Gasteiger partial charge in [-0.25, -0.2) is 4.79 Å². The zero-order chi connectivity index (χ0) is 37.7. The van der Waals surface area contributed by atoms with Crippen LogP contribution in [-0.4, -0.2) is 130 Å². The summed E-state index contributed by atoms with van der Waals surface area (Å²) >= 11 is 0. The van der Waals surface area contributed by atoms with Crippen LogP contribution in [0, 0.1) is 11.8 Å². The smallest absolute Gasteiger partial charge is 0.408 e. The molecule has 52 heavy (non-hydrogen) atoms. The zero-order valence-corrected chi connectivity index (χ0v) is 30.9. The van der Waals surface area contributed by atoms with Gasteiger partial charge in [-0.3, -0.25) is 9.59 Å². The van der Waals surface area contributed by atoms with E-state index in [2.05, 4.69) is 5.32 Å². The summed E-state index contributed by atoms with van der Waals surface area (Å²) in [6, 6.07) is 16.6. The van der Waals surface area contributed by atoms with Crippen LogP contribution in [0.4, 0.5) is 9.59 Å². The molecular formula is C38H55N4O10-. The van der Waals surface area contributed by atoms with Crippen LogP contribution in [-0.2, 0) is 46.4 Å². The van der Waals surface area contributed by atoms with E-state index < -0.39 is 24.3 Å². The van der Waals surface area contributed by atoms with Gasteiger partial charge in [-0.05, 0) is 23.0 Å². The lowest BCUT2D eigenvalue weighted by Gasteiger charge is -2.38. The van der Waals surface area contributed by atoms with Gasteiger partial charge in [0.1, 0.15) is 24.8 Å². The molecule has 1 N–H and O–H groups in total. The summed E-state index contributed by atoms with van der Waals surface area (Å²) in [6.45, 7) is 10.2. The van der Waals surface area contributed by atoms with Crippen LogP contribution >= 0.6 is 0 Å². The summed E-state index contributed by atoms with van der Waals surface area (Å²) in [6.07, 6.45) is -2.10. The molecule has 4 amide bonds. The first-order valence-electron chi connectivity index (χ1n) is 18.0. The van der Waals surface area contributed by atoms with Crippen molar-refractivity contribution in [2.45, 2.75) is 52.9 Å². The minimum absolute atomic E-state index is 0.0201. The van der Waals surface area contributed by atoms with Gasteiger partial charge in [0.15, 0.2) is 0 Å². The fourth-order valence-electron chi connectivity index (χ4n) is 5.63. The Balaban J connectivity index is 1.57. The summed E-state index contributed by atoms with van der Waals surface area (Å²) < 4.78 is 28.5. The van der Waals surface area contributed by atoms with E-state index in [4.69, 9.17) is 23.7 Å². The van der Waals surface area contributed by atoms with E-state index in [9.17, 15) is 24.3 Å². The maximum absolute atomic E-state index is 13.9. The first-order chi connectivity index (χ1) is 25.1. The second-order valence-corrected chi connectivity index (χ2v) is 13.1. The van der Waals surface area contributed by atoms with Crippen molar-refractivity contribution in [1.82, 2.24) is 20.0 Å². The summed E-state index contributed by atoms with van der Waals surface area (Å²) in [5.41, 5.74) is 1.59. The topological polar surface area (TPSA) is 159 Å². The van der Waals surface area contributed by atoms with E-state index in [1.54, 1.807) is 9.80 Å². The molecule has 0 saturated carbocycles. The maximum atomic E-state index is 13.9. The SMILES string of the molecule is CC(C)C(NC(=O)OCc1ccccc1)C(=O)N1CCOCCOCCN(C(=O)C(C(C)C)N(Cc2ccccc2)C(=O)[O-])CCOCCOCC1. The standard InChI is InChI=1S/C38H56N4O10/c1-29(2)33(39-37(45)52-28-32-13-9-6-10-14-32)35(43)40-15-19-48-23-25-50-21-17-41(18-22-51-26-24-49-20-16-40)36(44)34(30(3)4)42(38(46)47)27-31-11-7-5-8-12-31/h5-14,29-30,33-34H,15-28H2,1-4H3,(H,39,45)(H,46,47)/p-1. The van der Waals surface area contributed by atoms with Gasteiger partial charge in [-0.15, -0.1) is 0 Å². The number of hydrogen-bond donors (Lipinski definition) is 1. The first-order valence-corrected chi connectivity index (χ1v) is 18.0. The van der Waals surface area contributed by atoms with Gasteiger partial charge in [0.25, 0.3) is 0 Å². The molecule has 14 heteroatoms. The Bertz CT molecular complexity index is 1330. The minimum atomic E-state index is -1.42. The molecule has 14 nitrogen and oxygen atoms in total. The van der Waals surface area contributed by atoms with Gasteiger partial charge in [0.2, 0.25) is 11.8 Å². The average Bonchev–Trinajstić information content (AvgIpc) is 3.12. The average molecular weight is 728 g/mol. The summed E-state index contributed by atoms with van der Waals surface area (Å²) in [5, 5.41) is 15.0. The Labute approximate surface area is 307 Å². The number of alkyl carbamates (subject to hydrolysis) is 1. The van der Waals surface area contributed by atoms with Crippen LogP contribution in [0.15, 0.2) is 60.7 Å². The fraction of sp³-hybridized carbons (Fsp3) is 0.579. The van der Waals surface area contributed by atoms with Crippen LogP contribution in [0.5, 0.6) is 0 Å². The Morgan fingerprint density at radius 2 is 1.12 bits per heavy atom. The molecule has 2 aromatic carbocycles. The van der Waals surface area contributed by atoms with Crippen molar-refractivity contribution in [2.75, 3.05) is 79.0 Å². The lowest BCUT2D eigenvalue weighted by molar-refractivity contribution is -0.269. The molecular weight excluding hydrogens is 672 g/mol. The number of amides is 4. The molecule has 1 heterocycles. The Morgan fingerprint density at radius 1 is 0.673 bits per heavy atom. The number of hydrogen-bond acceptors (Lipinski definition) is 10. The number of carboxylic acid groups (broad SMARTS) is 1. The number of carbonyl (C=O) groups excluding carboxylic acids is 4. The van der Waals surface area contributed by atoms with E-state index in [-0.39, 0.29) is 116 Å². The molecule has 1 fully saturated rings. The third kappa shape index (κ3) is 14.8.